The third kappa shape index (κ3) is 2.37. The fourth-order valence-electron chi connectivity index (χ4n) is 1.54. The van der Waals surface area contributed by atoms with Gasteiger partial charge in [0.25, 0.3) is 5.92 Å². The first-order valence-electron chi connectivity index (χ1n) is 4.29. The second kappa shape index (κ2) is 3.57. The highest BCUT2D eigenvalue weighted by molar-refractivity contribution is 5.69. The Bertz CT molecular complexity index is 208. The number of rotatable bonds is 1. The smallest absolute Gasteiger partial charge is 0.306 e. The number of aliphatic carboxylic acids is 1. The zero-order valence-electron chi connectivity index (χ0n) is 7.17. The van der Waals surface area contributed by atoms with Crippen LogP contribution in [0.1, 0.15) is 25.7 Å². The third-order valence-electron chi connectivity index (χ3n) is 2.54. The van der Waals surface area contributed by atoms with E-state index in [4.69, 9.17) is 10.8 Å². The van der Waals surface area contributed by atoms with E-state index in [0.29, 0.717) is 0 Å². The van der Waals surface area contributed by atoms with Crippen LogP contribution in [-0.2, 0) is 4.79 Å². The highest BCUT2D eigenvalue weighted by Crippen LogP contribution is 2.33. The Labute approximate surface area is 74.9 Å². The molecule has 0 amide bonds. The van der Waals surface area contributed by atoms with Crippen LogP contribution in [0.5, 0.6) is 0 Å². The zero-order valence-corrected chi connectivity index (χ0v) is 7.17. The van der Waals surface area contributed by atoms with Gasteiger partial charge in [0.1, 0.15) is 0 Å². The van der Waals surface area contributed by atoms with E-state index in [-0.39, 0.29) is 19.3 Å². The van der Waals surface area contributed by atoms with Crippen LogP contribution >= 0.6 is 0 Å². The number of hydrogen-bond acceptors (Lipinski definition) is 2. The highest BCUT2D eigenvalue weighted by Gasteiger charge is 2.40. The summed E-state index contributed by atoms with van der Waals surface area (Å²) in [5, 5.41) is 8.63. The van der Waals surface area contributed by atoms with E-state index in [0.717, 1.165) is 0 Å². The van der Waals surface area contributed by atoms with Crippen molar-refractivity contribution in [3.63, 3.8) is 0 Å². The Kier molecular flexibility index (Phi) is 2.85. The van der Waals surface area contributed by atoms with E-state index < -0.39 is 30.3 Å². The minimum absolute atomic E-state index is 0.0238. The molecule has 0 aromatic heterocycles. The molecule has 0 spiro atoms. The molecule has 3 nitrogen and oxygen atoms in total. The summed E-state index contributed by atoms with van der Waals surface area (Å²) in [6, 6.07) is -1.18. The molecule has 1 rings (SSSR count). The maximum absolute atomic E-state index is 13.0. The second-order valence-electron chi connectivity index (χ2n) is 3.52. The molecule has 13 heavy (non-hydrogen) atoms. The van der Waals surface area contributed by atoms with Gasteiger partial charge in [-0.3, -0.25) is 4.79 Å². The van der Waals surface area contributed by atoms with Crippen molar-refractivity contribution < 1.29 is 18.7 Å². The first-order chi connectivity index (χ1) is 5.93. The van der Waals surface area contributed by atoms with Gasteiger partial charge < -0.3 is 10.8 Å². The summed E-state index contributed by atoms with van der Waals surface area (Å²) in [5.41, 5.74) is 5.23. The van der Waals surface area contributed by atoms with E-state index >= 15 is 0 Å². The molecule has 1 fully saturated rings. The number of alkyl halides is 2. The maximum Gasteiger partial charge on any atom is 0.306 e. The van der Waals surface area contributed by atoms with Gasteiger partial charge in [0.05, 0.1) is 12.0 Å². The number of carbonyl (C=O) groups is 1. The molecule has 2 atom stereocenters. The molecule has 0 aliphatic heterocycles. The van der Waals surface area contributed by atoms with Crippen LogP contribution in [0.2, 0.25) is 0 Å². The quantitative estimate of drug-likeness (QED) is 0.615. The van der Waals surface area contributed by atoms with Crippen molar-refractivity contribution in [2.45, 2.75) is 37.6 Å². The maximum atomic E-state index is 13.0. The average molecular weight is 193 g/mol. The predicted molar refractivity (Wildman–Crippen MR) is 42.5 cm³/mol. The molecule has 0 bridgehead atoms. The average Bonchev–Trinajstić information content (AvgIpc) is 2.13. The van der Waals surface area contributed by atoms with Crippen molar-refractivity contribution in [3.05, 3.63) is 0 Å². The molecule has 0 radical (unpaired) electrons. The molecule has 0 heterocycles. The molecule has 0 aromatic rings. The van der Waals surface area contributed by atoms with Crippen molar-refractivity contribution in [2.24, 2.45) is 11.7 Å². The highest BCUT2D eigenvalue weighted by atomic mass is 19.3. The summed E-state index contributed by atoms with van der Waals surface area (Å²) in [4.78, 5) is 10.5. The summed E-state index contributed by atoms with van der Waals surface area (Å²) in [6.45, 7) is 0. The topological polar surface area (TPSA) is 63.3 Å². The van der Waals surface area contributed by atoms with Gasteiger partial charge in [-0.25, -0.2) is 8.78 Å². The van der Waals surface area contributed by atoms with Crippen molar-refractivity contribution >= 4 is 5.97 Å². The van der Waals surface area contributed by atoms with Crippen LogP contribution in [0.4, 0.5) is 8.78 Å². The fourth-order valence-corrected chi connectivity index (χ4v) is 1.54. The molecule has 5 heteroatoms. The number of carboxylic acid groups (broad SMARTS) is 1. The molecule has 1 aliphatic carbocycles. The predicted octanol–water partition coefficient (Wildman–Crippen LogP) is 1.22. The minimum Gasteiger partial charge on any atom is -0.481 e. The lowest BCUT2D eigenvalue weighted by Gasteiger charge is -2.19. The van der Waals surface area contributed by atoms with Gasteiger partial charge in [-0.05, 0) is 19.3 Å². The number of hydrogen-bond donors (Lipinski definition) is 2. The van der Waals surface area contributed by atoms with Gasteiger partial charge in [-0.15, -0.1) is 0 Å². The summed E-state index contributed by atoms with van der Waals surface area (Å²) in [5.74, 6) is -4.55. The van der Waals surface area contributed by atoms with Gasteiger partial charge in [0.15, 0.2) is 0 Å². The lowest BCUT2D eigenvalue weighted by molar-refractivity contribution is -0.142. The molecule has 1 aliphatic rings. The van der Waals surface area contributed by atoms with Crippen LogP contribution < -0.4 is 5.73 Å². The number of carboxylic acids is 1. The van der Waals surface area contributed by atoms with Crippen molar-refractivity contribution in [1.29, 1.82) is 0 Å². The van der Waals surface area contributed by atoms with Crippen LogP contribution in [-0.4, -0.2) is 23.0 Å². The van der Waals surface area contributed by atoms with Crippen LogP contribution in [0.25, 0.3) is 0 Å². The molecule has 1 saturated carbocycles. The van der Waals surface area contributed by atoms with Crippen LogP contribution in [0.3, 0.4) is 0 Å². The lowest BCUT2D eigenvalue weighted by atomic mass is 10.0. The molecule has 76 valence electrons. The van der Waals surface area contributed by atoms with Gasteiger partial charge in [0.2, 0.25) is 0 Å². The normalized spacial score (nSPS) is 33.8. The first kappa shape index (κ1) is 10.4. The third-order valence-corrected chi connectivity index (χ3v) is 2.54. The van der Waals surface area contributed by atoms with Crippen molar-refractivity contribution in [1.82, 2.24) is 0 Å². The largest absolute Gasteiger partial charge is 0.481 e. The monoisotopic (exact) mass is 193 g/mol. The first-order valence-corrected chi connectivity index (χ1v) is 4.29. The Morgan fingerprint density at radius 1 is 1.38 bits per heavy atom. The Hall–Kier alpha value is -0.710. The Morgan fingerprint density at radius 3 is 2.54 bits per heavy atom. The standard InChI is InChI=1S/C8H13F2NO2/c9-8(10)4-3-5(7(12)13)1-2-6(8)11/h5-6H,1-4,11H2,(H,12,13). The van der Waals surface area contributed by atoms with E-state index in [2.05, 4.69) is 0 Å². The van der Waals surface area contributed by atoms with Gasteiger partial charge in [-0.2, -0.15) is 0 Å². The van der Waals surface area contributed by atoms with Gasteiger partial charge in [-0.1, -0.05) is 0 Å². The molecule has 2 unspecified atom stereocenters. The summed E-state index contributed by atoms with van der Waals surface area (Å²) < 4.78 is 26.0. The minimum atomic E-state index is -2.90. The molecular weight excluding hydrogens is 180 g/mol. The summed E-state index contributed by atoms with van der Waals surface area (Å²) in [6.07, 6.45) is -0.0444. The van der Waals surface area contributed by atoms with Gasteiger partial charge >= 0.3 is 5.97 Å². The van der Waals surface area contributed by atoms with E-state index in [1.54, 1.807) is 0 Å². The lowest BCUT2D eigenvalue weighted by Crippen LogP contribution is -2.39. The van der Waals surface area contributed by atoms with Crippen molar-refractivity contribution in [3.8, 4) is 0 Å². The second-order valence-corrected chi connectivity index (χ2v) is 3.52. The summed E-state index contributed by atoms with van der Waals surface area (Å²) >= 11 is 0. The van der Waals surface area contributed by atoms with Crippen LogP contribution in [0.15, 0.2) is 0 Å². The number of nitrogens with two attached hydrogens (primary N) is 1. The Morgan fingerprint density at radius 2 is 2.00 bits per heavy atom. The molecular formula is C8H13F2NO2. The van der Waals surface area contributed by atoms with E-state index in [1.807, 2.05) is 0 Å². The molecule has 0 aromatic carbocycles. The van der Waals surface area contributed by atoms with Gasteiger partial charge in [0, 0.05) is 6.42 Å². The van der Waals surface area contributed by atoms with E-state index in [9.17, 15) is 13.6 Å². The SMILES string of the molecule is NC1CCC(C(=O)O)CCC1(F)F. The Balaban J connectivity index is 2.62. The molecule has 0 saturated heterocycles. The van der Waals surface area contributed by atoms with E-state index in [1.165, 1.54) is 0 Å². The zero-order chi connectivity index (χ0) is 10.1. The fraction of sp³-hybridized carbons (Fsp3) is 0.875. The van der Waals surface area contributed by atoms with Crippen molar-refractivity contribution in [2.75, 3.05) is 0 Å². The number of halogens is 2. The summed E-state index contributed by atoms with van der Waals surface area (Å²) in [7, 11) is 0. The van der Waals surface area contributed by atoms with Crippen LogP contribution in [0, 0.1) is 5.92 Å². The molecule has 3 N–H and O–H groups in total.